The Labute approximate surface area is 114 Å². The molecule has 18 heavy (non-hydrogen) atoms. The van der Waals surface area contributed by atoms with Gasteiger partial charge in [-0.2, -0.15) is 0 Å². The van der Waals surface area contributed by atoms with E-state index in [1.54, 1.807) is 0 Å². The summed E-state index contributed by atoms with van der Waals surface area (Å²) in [6.45, 7) is 11.0. The summed E-state index contributed by atoms with van der Waals surface area (Å²) < 4.78 is 6.00. The summed E-state index contributed by atoms with van der Waals surface area (Å²) in [7, 11) is 0. The quantitative estimate of drug-likeness (QED) is 0.560. The van der Waals surface area contributed by atoms with Crippen LogP contribution in [0.5, 0.6) is 0 Å². The summed E-state index contributed by atoms with van der Waals surface area (Å²) in [4.78, 5) is 0. The van der Waals surface area contributed by atoms with Crippen LogP contribution in [0.4, 0.5) is 0 Å². The lowest BCUT2D eigenvalue weighted by atomic mass is 9.94. The Morgan fingerprint density at radius 3 is 2.56 bits per heavy atom. The van der Waals surface area contributed by atoms with E-state index in [0.717, 1.165) is 19.2 Å². The molecule has 0 aromatic rings. The topological polar surface area (TPSA) is 21.3 Å². The van der Waals surface area contributed by atoms with E-state index in [9.17, 15) is 0 Å². The van der Waals surface area contributed by atoms with Crippen molar-refractivity contribution in [1.82, 2.24) is 5.32 Å². The van der Waals surface area contributed by atoms with Crippen LogP contribution in [0.3, 0.4) is 0 Å². The first-order chi connectivity index (χ1) is 8.53. The number of ether oxygens (including phenoxy) is 1. The lowest BCUT2D eigenvalue weighted by Crippen LogP contribution is -2.35. The molecule has 0 aromatic heterocycles. The minimum absolute atomic E-state index is 0.264. The van der Waals surface area contributed by atoms with Crippen molar-refractivity contribution in [3.63, 3.8) is 0 Å². The SMILES string of the molecule is CCCCCCC(C)OCC(C)(C)CNC1CC1. The Morgan fingerprint density at radius 1 is 1.22 bits per heavy atom. The largest absolute Gasteiger partial charge is 0.378 e. The molecule has 2 heteroatoms. The summed E-state index contributed by atoms with van der Waals surface area (Å²) in [6.07, 6.45) is 9.72. The van der Waals surface area contributed by atoms with Crippen LogP contribution in [0, 0.1) is 5.41 Å². The fourth-order valence-electron chi connectivity index (χ4n) is 2.07. The highest BCUT2D eigenvalue weighted by Crippen LogP contribution is 2.22. The molecule has 108 valence electrons. The van der Waals surface area contributed by atoms with Crippen LogP contribution >= 0.6 is 0 Å². The molecule has 0 aliphatic heterocycles. The zero-order chi connectivity index (χ0) is 13.4. The Kier molecular flexibility index (Phi) is 7.25. The van der Waals surface area contributed by atoms with Crippen molar-refractivity contribution in [3.05, 3.63) is 0 Å². The van der Waals surface area contributed by atoms with E-state index < -0.39 is 0 Å². The maximum absolute atomic E-state index is 6.00. The van der Waals surface area contributed by atoms with Crippen molar-refractivity contribution in [2.75, 3.05) is 13.2 Å². The Hall–Kier alpha value is -0.0800. The van der Waals surface area contributed by atoms with Gasteiger partial charge in [0.15, 0.2) is 0 Å². The van der Waals surface area contributed by atoms with Crippen molar-refractivity contribution in [1.29, 1.82) is 0 Å². The van der Waals surface area contributed by atoms with Crippen molar-refractivity contribution < 1.29 is 4.74 Å². The van der Waals surface area contributed by atoms with E-state index in [1.165, 1.54) is 44.9 Å². The van der Waals surface area contributed by atoms with Gasteiger partial charge in [0.25, 0.3) is 0 Å². The van der Waals surface area contributed by atoms with E-state index in [2.05, 4.69) is 33.0 Å². The van der Waals surface area contributed by atoms with Gasteiger partial charge in [0.05, 0.1) is 12.7 Å². The van der Waals surface area contributed by atoms with Crippen molar-refractivity contribution in [2.45, 2.75) is 84.8 Å². The van der Waals surface area contributed by atoms with Crippen molar-refractivity contribution in [2.24, 2.45) is 5.41 Å². The molecule has 0 heterocycles. The van der Waals surface area contributed by atoms with Crippen LogP contribution in [0.25, 0.3) is 0 Å². The minimum atomic E-state index is 0.264. The second-order valence-corrected chi connectivity index (χ2v) is 6.79. The maximum Gasteiger partial charge on any atom is 0.0547 e. The standard InChI is InChI=1S/C16H33NO/c1-5-6-7-8-9-14(2)18-13-16(3,4)12-17-15-10-11-15/h14-15,17H,5-13H2,1-4H3. The monoisotopic (exact) mass is 255 g/mol. The molecule has 0 spiro atoms. The first-order valence-corrected chi connectivity index (χ1v) is 7.88. The third-order valence-corrected chi connectivity index (χ3v) is 3.67. The lowest BCUT2D eigenvalue weighted by Gasteiger charge is -2.27. The van der Waals surface area contributed by atoms with Gasteiger partial charge in [-0.15, -0.1) is 0 Å². The summed E-state index contributed by atoms with van der Waals surface area (Å²) in [5.41, 5.74) is 0.264. The van der Waals surface area contributed by atoms with Gasteiger partial charge >= 0.3 is 0 Å². The molecule has 1 rings (SSSR count). The van der Waals surface area contributed by atoms with Crippen molar-refractivity contribution >= 4 is 0 Å². The third-order valence-electron chi connectivity index (χ3n) is 3.67. The first kappa shape index (κ1) is 16.0. The summed E-state index contributed by atoms with van der Waals surface area (Å²) in [5.74, 6) is 0. The van der Waals surface area contributed by atoms with E-state index in [1.807, 2.05) is 0 Å². The highest BCUT2D eigenvalue weighted by Gasteiger charge is 2.25. The van der Waals surface area contributed by atoms with Gasteiger partial charge in [-0.1, -0.05) is 46.5 Å². The van der Waals surface area contributed by atoms with Gasteiger partial charge in [-0.3, -0.25) is 0 Å². The van der Waals surface area contributed by atoms with Crippen LogP contribution in [-0.2, 0) is 4.74 Å². The predicted molar refractivity (Wildman–Crippen MR) is 79.0 cm³/mol. The number of nitrogens with one attached hydrogen (secondary N) is 1. The number of unbranched alkanes of at least 4 members (excludes halogenated alkanes) is 3. The van der Waals surface area contributed by atoms with Gasteiger partial charge < -0.3 is 10.1 Å². The molecule has 1 unspecified atom stereocenters. The Balaban J connectivity index is 2.01. The normalized spacial score (nSPS) is 18.0. The Morgan fingerprint density at radius 2 is 1.94 bits per heavy atom. The van der Waals surface area contributed by atoms with Crippen molar-refractivity contribution in [3.8, 4) is 0 Å². The molecule has 0 radical (unpaired) electrons. The van der Waals surface area contributed by atoms with Gasteiger partial charge in [-0.05, 0) is 26.2 Å². The molecule has 1 fully saturated rings. The average Bonchev–Trinajstić information content (AvgIpc) is 3.14. The average molecular weight is 255 g/mol. The first-order valence-electron chi connectivity index (χ1n) is 7.88. The van der Waals surface area contributed by atoms with Gasteiger partial charge in [0.1, 0.15) is 0 Å². The zero-order valence-electron chi connectivity index (χ0n) is 12.9. The van der Waals surface area contributed by atoms with Crippen LogP contribution in [0.1, 0.15) is 72.6 Å². The molecular weight excluding hydrogens is 222 g/mol. The second-order valence-electron chi connectivity index (χ2n) is 6.79. The van der Waals surface area contributed by atoms with Crippen LogP contribution in [-0.4, -0.2) is 25.3 Å². The van der Waals surface area contributed by atoms with E-state index in [4.69, 9.17) is 4.74 Å². The van der Waals surface area contributed by atoms with Gasteiger partial charge in [-0.25, -0.2) is 0 Å². The smallest absolute Gasteiger partial charge is 0.0547 e. The molecule has 2 nitrogen and oxygen atoms in total. The summed E-state index contributed by atoms with van der Waals surface area (Å²) >= 11 is 0. The molecule has 1 N–H and O–H groups in total. The number of hydrogen-bond acceptors (Lipinski definition) is 2. The molecule has 0 aromatic carbocycles. The molecule has 1 aliphatic rings. The molecule has 0 saturated heterocycles. The third kappa shape index (κ3) is 8.10. The van der Waals surface area contributed by atoms with Crippen LogP contribution in [0.15, 0.2) is 0 Å². The predicted octanol–water partition coefficient (Wildman–Crippen LogP) is 4.14. The van der Waals surface area contributed by atoms with Crippen LogP contribution in [0.2, 0.25) is 0 Å². The molecule has 1 aliphatic carbocycles. The fourth-order valence-corrected chi connectivity index (χ4v) is 2.07. The maximum atomic E-state index is 6.00. The molecular formula is C16H33NO. The summed E-state index contributed by atoms with van der Waals surface area (Å²) in [5, 5.41) is 3.60. The van der Waals surface area contributed by atoms with E-state index in [-0.39, 0.29) is 5.41 Å². The van der Waals surface area contributed by atoms with E-state index >= 15 is 0 Å². The Bertz CT molecular complexity index is 211. The molecule has 0 bridgehead atoms. The lowest BCUT2D eigenvalue weighted by molar-refractivity contribution is 0.00728. The van der Waals surface area contributed by atoms with Gasteiger partial charge in [0, 0.05) is 18.0 Å². The highest BCUT2D eigenvalue weighted by molar-refractivity contribution is 4.84. The minimum Gasteiger partial charge on any atom is -0.378 e. The summed E-state index contributed by atoms with van der Waals surface area (Å²) in [6, 6.07) is 0.802. The second kappa shape index (κ2) is 8.16. The van der Waals surface area contributed by atoms with Gasteiger partial charge in [0.2, 0.25) is 0 Å². The van der Waals surface area contributed by atoms with Crippen LogP contribution < -0.4 is 5.32 Å². The highest BCUT2D eigenvalue weighted by atomic mass is 16.5. The molecule has 0 amide bonds. The number of rotatable bonds is 11. The van der Waals surface area contributed by atoms with E-state index in [0.29, 0.717) is 6.10 Å². The number of hydrogen-bond donors (Lipinski definition) is 1. The fraction of sp³-hybridized carbons (Fsp3) is 1.00. The molecule has 1 atom stereocenters. The molecule has 1 saturated carbocycles. The zero-order valence-corrected chi connectivity index (χ0v) is 12.9.